The molecule has 0 aliphatic carbocycles. The van der Waals surface area contributed by atoms with Crippen molar-refractivity contribution in [1.29, 1.82) is 0 Å². The van der Waals surface area contributed by atoms with E-state index in [4.69, 9.17) is 0 Å². The summed E-state index contributed by atoms with van der Waals surface area (Å²) in [5.41, 5.74) is 1.09. The van der Waals surface area contributed by atoms with Gasteiger partial charge in [-0.05, 0) is 36.9 Å². The van der Waals surface area contributed by atoms with E-state index in [1.54, 1.807) is 0 Å². The molecule has 0 spiro atoms. The van der Waals surface area contributed by atoms with Gasteiger partial charge in [0, 0.05) is 0 Å². The number of thiophene rings is 1. The first kappa shape index (κ1) is 10.4. The van der Waals surface area contributed by atoms with Gasteiger partial charge in [0.05, 0.1) is 11.4 Å². The number of aryl methyl sites for hydroxylation is 1. The molecule has 0 aliphatic heterocycles. The van der Waals surface area contributed by atoms with E-state index in [2.05, 4.69) is 12.2 Å². The lowest BCUT2D eigenvalue weighted by Crippen LogP contribution is -2.23. The summed E-state index contributed by atoms with van der Waals surface area (Å²) in [7, 11) is 0. The molecule has 1 N–H and O–H groups in total. The van der Waals surface area contributed by atoms with Crippen LogP contribution in [0.1, 0.15) is 28.6 Å². The van der Waals surface area contributed by atoms with Crippen LogP contribution in [0, 0.1) is 6.92 Å². The van der Waals surface area contributed by atoms with E-state index < -0.39 is 0 Å². The smallest absolute Gasteiger partial charge is 0.186 e. The third kappa shape index (κ3) is 2.94. The molecule has 0 aliphatic rings. The standard InChI is InChI=1S/C10H15NOS/c1-3-5-11-7-9(12)10-8(2)4-6-13-10/h4,6,11H,3,5,7H2,1-2H3. The first-order valence-corrected chi connectivity index (χ1v) is 5.41. The number of carbonyl (C=O) groups excluding carboxylic acids is 1. The maximum absolute atomic E-state index is 11.5. The van der Waals surface area contributed by atoms with Crippen molar-refractivity contribution >= 4 is 17.1 Å². The molecule has 1 rings (SSSR count). The van der Waals surface area contributed by atoms with Crippen molar-refractivity contribution < 1.29 is 4.79 Å². The second kappa shape index (κ2) is 5.14. The summed E-state index contributed by atoms with van der Waals surface area (Å²) in [6.07, 6.45) is 1.07. The SMILES string of the molecule is CCCNCC(=O)c1sccc1C. The van der Waals surface area contributed by atoms with Gasteiger partial charge in [-0.3, -0.25) is 4.79 Å². The zero-order valence-corrected chi connectivity index (χ0v) is 8.91. The van der Waals surface area contributed by atoms with Crippen LogP contribution >= 0.6 is 11.3 Å². The van der Waals surface area contributed by atoms with Gasteiger partial charge in [0.2, 0.25) is 0 Å². The molecule has 0 radical (unpaired) electrons. The Labute approximate surface area is 83.0 Å². The average Bonchev–Trinajstić information content (AvgIpc) is 2.52. The summed E-state index contributed by atoms with van der Waals surface area (Å²) in [5, 5.41) is 5.07. The van der Waals surface area contributed by atoms with E-state index in [-0.39, 0.29) is 5.78 Å². The number of hydrogen-bond donors (Lipinski definition) is 1. The predicted molar refractivity (Wildman–Crippen MR) is 56.5 cm³/mol. The molecule has 0 amide bonds. The predicted octanol–water partition coefficient (Wildman–Crippen LogP) is 2.24. The zero-order valence-electron chi connectivity index (χ0n) is 8.09. The van der Waals surface area contributed by atoms with E-state index in [1.165, 1.54) is 11.3 Å². The molecule has 13 heavy (non-hydrogen) atoms. The first-order chi connectivity index (χ1) is 6.25. The van der Waals surface area contributed by atoms with Crippen molar-refractivity contribution in [1.82, 2.24) is 5.32 Å². The Morgan fingerprint density at radius 1 is 1.62 bits per heavy atom. The summed E-state index contributed by atoms with van der Waals surface area (Å²) in [6, 6.07) is 1.98. The second-order valence-corrected chi connectivity index (χ2v) is 3.95. The van der Waals surface area contributed by atoms with Gasteiger partial charge in [-0.2, -0.15) is 0 Å². The molecule has 0 bridgehead atoms. The van der Waals surface area contributed by atoms with Crippen molar-refractivity contribution in [2.45, 2.75) is 20.3 Å². The van der Waals surface area contributed by atoms with Crippen molar-refractivity contribution in [2.24, 2.45) is 0 Å². The summed E-state index contributed by atoms with van der Waals surface area (Å²) >= 11 is 1.53. The molecule has 0 atom stereocenters. The van der Waals surface area contributed by atoms with Crippen LogP contribution in [0.3, 0.4) is 0 Å². The molecular weight excluding hydrogens is 182 g/mol. The fraction of sp³-hybridized carbons (Fsp3) is 0.500. The normalized spacial score (nSPS) is 10.3. The Balaban J connectivity index is 2.45. The highest BCUT2D eigenvalue weighted by atomic mass is 32.1. The molecule has 0 aromatic carbocycles. The maximum Gasteiger partial charge on any atom is 0.186 e. The minimum absolute atomic E-state index is 0.209. The number of hydrogen-bond acceptors (Lipinski definition) is 3. The zero-order chi connectivity index (χ0) is 9.68. The summed E-state index contributed by atoms with van der Waals surface area (Å²) in [4.78, 5) is 12.4. The van der Waals surface area contributed by atoms with Crippen LogP contribution in [0.2, 0.25) is 0 Å². The summed E-state index contributed by atoms with van der Waals surface area (Å²) in [5.74, 6) is 0.209. The topological polar surface area (TPSA) is 29.1 Å². The van der Waals surface area contributed by atoms with Gasteiger partial charge in [0.25, 0.3) is 0 Å². The Hall–Kier alpha value is -0.670. The van der Waals surface area contributed by atoms with Crippen LogP contribution in [-0.2, 0) is 0 Å². The number of rotatable bonds is 5. The number of nitrogens with one attached hydrogen (secondary N) is 1. The monoisotopic (exact) mass is 197 g/mol. The number of Topliss-reactive ketones (excluding diaryl/α,β-unsaturated/α-hetero) is 1. The third-order valence-corrected chi connectivity index (χ3v) is 2.89. The van der Waals surface area contributed by atoms with Crippen LogP contribution in [0.4, 0.5) is 0 Å². The quantitative estimate of drug-likeness (QED) is 0.579. The maximum atomic E-state index is 11.5. The van der Waals surface area contributed by atoms with Crippen molar-refractivity contribution in [3.05, 3.63) is 21.9 Å². The van der Waals surface area contributed by atoms with E-state index in [1.807, 2.05) is 18.4 Å². The van der Waals surface area contributed by atoms with Gasteiger partial charge in [0.15, 0.2) is 5.78 Å². The Kier molecular flexibility index (Phi) is 4.12. The van der Waals surface area contributed by atoms with Crippen molar-refractivity contribution in [2.75, 3.05) is 13.1 Å². The van der Waals surface area contributed by atoms with E-state index in [0.717, 1.165) is 23.4 Å². The van der Waals surface area contributed by atoms with Gasteiger partial charge < -0.3 is 5.32 Å². The molecule has 1 aromatic heterocycles. The first-order valence-electron chi connectivity index (χ1n) is 4.53. The fourth-order valence-corrected chi connectivity index (χ4v) is 1.98. The van der Waals surface area contributed by atoms with Crippen LogP contribution in [-0.4, -0.2) is 18.9 Å². The Morgan fingerprint density at radius 3 is 2.92 bits per heavy atom. The highest BCUT2D eigenvalue weighted by Crippen LogP contribution is 2.15. The molecule has 1 aromatic rings. The van der Waals surface area contributed by atoms with Crippen LogP contribution in [0.25, 0.3) is 0 Å². The van der Waals surface area contributed by atoms with E-state index in [9.17, 15) is 4.79 Å². The van der Waals surface area contributed by atoms with Gasteiger partial charge in [-0.15, -0.1) is 11.3 Å². The van der Waals surface area contributed by atoms with Gasteiger partial charge in [-0.25, -0.2) is 0 Å². The van der Waals surface area contributed by atoms with E-state index >= 15 is 0 Å². The fourth-order valence-electron chi connectivity index (χ4n) is 1.12. The van der Waals surface area contributed by atoms with Gasteiger partial charge in [-0.1, -0.05) is 6.92 Å². The second-order valence-electron chi connectivity index (χ2n) is 3.03. The van der Waals surface area contributed by atoms with Crippen LogP contribution in [0.15, 0.2) is 11.4 Å². The number of ketones is 1. The number of carbonyl (C=O) groups is 1. The average molecular weight is 197 g/mol. The van der Waals surface area contributed by atoms with Crippen molar-refractivity contribution in [3.8, 4) is 0 Å². The largest absolute Gasteiger partial charge is 0.310 e. The molecular formula is C10H15NOS. The summed E-state index contributed by atoms with van der Waals surface area (Å²) in [6.45, 7) is 5.45. The molecule has 0 saturated heterocycles. The van der Waals surface area contributed by atoms with Crippen molar-refractivity contribution in [3.63, 3.8) is 0 Å². The lowest BCUT2D eigenvalue weighted by Gasteiger charge is -2.00. The molecule has 1 heterocycles. The molecule has 3 heteroatoms. The minimum atomic E-state index is 0.209. The van der Waals surface area contributed by atoms with Gasteiger partial charge in [0.1, 0.15) is 0 Å². The van der Waals surface area contributed by atoms with Crippen LogP contribution in [0.5, 0.6) is 0 Å². The molecule has 0 saturated carbocycles. The lowest BCUT2D eigenvalue weighted by molar-refractivity contribution is 0.0994. The highest BCUT2D eigenvalue weighted by molar-refractivity contribution is 7.12. The molecule has 72 valence electrons. The highest BCUT2D eigenvalue weighted by Gasteiger charge is 2.08. The minimum Gasteiger partial charge on any atom is -0.310 e. The Bertz CT molecular complexity index is 280. The van der Waals surface area contributed by atoms with E-state index in [0.29, 0.717) is 6.54 Å². The molecule has 0 fully saturated rings. The van der Waals surface area contributed by atoms with Crippen LogP contribution < -0.4 is 5.32 Å². The molecule has 2 nitrogen and oxygen atoms in total. The lowest BCUT2D eigenvalue weighted by atomic mass is 10.2. The summed E-state index contributed by atoms with van der Waals surface area (Å²) < 4.78 is 0. The molecule has 0 unspecified atom stereocenters. The third-order valence-electron chi connectivity index (χ3n) is 1.83. The van der Waals surface area contributed by atoms with Gasteiger partial charge >= 0.3 is 0 Å². The Morgan fingerprint density at radius 2 is 2.38 bits per heavy atom.